The highest BCUT2D eigenvalue weighted by Crippen LogP contribution is 2.44. The lowest BCUT2D eigenvalue weighted by atomic mass is 9.81. The van der Waals surface area contributed by atoms with Gasteiger partial charge in [-0.1, -0.05) is 55.0 Å². The van der Waals surface area contributed by atoms with Crippen molar-refractivity contribution in [1.29, 1.82) is 0 Å². The first-order chi connectivity index (χ1) is 13.3. The van der Waals surface area contributed by atoms with E-state index < -0.39 is 0 Å². The predicted octanol–water partition coefficient (Wildman–Crippen LogP) is 4.29. The topological polar surface area (TPSA) is 64.3 Å². The molecule has 1 amide bonds. The Balaban J connectivity index is 1.34. The zero-order chi connectivity index (χ0) is 18.6. The summed E-state index contributed by atoms with van der Waals surface area (Å²) < 4.78 is 5.61. The molecule has 2 aromatic rings. The lowest BCUT2D eigenvalue weighted by Crippen LogP contribution is -2.34. The lowest BCUT2D eigenvalue weighted by molar-refractivity contribution is 0.139. The quantitative estimate of drug-likeness (QED) is 0.832. The Hall–Kier alpha value is -2.33. The zero-order valence-electron chi connectivity index (χ0n) is 15.7. The second kappa shape index (κ2) is 8.13. The van der Waals surface area contributed by atoms with Gasteiger partial charge in [0.25, 0.3) is 0 Å². The fourth-order valence-corrected chi connectivity index (χ4v) is 4.68. The molecule has 0 radical (unpaired) electrons. The average Bonchev–Trinajstić information content (AvgIpc) is 3.05. The monoisotopic (exact) mass is 364 g/mol. The van der Waals surface area contributed by atoms with Crippen molar-refractivity contribution in [2.24, 2.45) is 17.6 Å². The minimum atomic E-state index is -0.313. The number of hydrogen-bond acceptors (Lipinski definition) is 3. The number of benzene rings is 2. The van der Waals surface area contributed by atoms with Gasteiger partial charge in [-0.2, -0.15) is 0 Å². The van der Waals surface area contributed by atoms with Crippen molar-refractivity contribution in [3.63, 3.8) is 0 Å². The molecule has 1 fully saturated rings. The van der Waals surface area contributed by atoms with Gasteiger partial charge in [-0.25, -0.2) is 4.79 Å². The van der Waals surface area contributed by atoms with Crippen LogP contribution >= 0.6 is 0 Å². The maximum Gasteiger partial charge on any atom is 0.407 e. The molecule has 0 spiro atoms. The molecule has 4 rings (SSSR count). The van der Waals surface area contributed by atoms with Gasteiger partial charge in [-0.3, -0.25) is 0 Å². The van der Waals surface area contributed by atoms with Gasteiger partial charge in [0.05, 0.1) is 0 Å². The van der Waals surface area contributed by atoms with Crippen LogP contribution in [0, 0.1) is 11.8 Å². The number of amides is 1. The molecular formula is C23H28N2O2. The summed E-state index contributed by atoms with van der Waals surface area (Å²) in [7, 11) is 0. The van der Waals surface area contributed by atoms with Gasteiger partial charge in [0.15, 0.2) is 0 Å². The minimum Gasteiger partial charge on any atom is -0.449 e. The van der Waals surface area contributed by atoms with Crippen LogP contribution in [-0.4, -0.2) is 25.8 Å². The third kappa shape index (κ3) is 3.86. The lowest BCUT2D eigenvalue weighted by Gasteiger charge is -2.28. The number of fused-ring (bicyclic) bond motifs is 3. The first kappa shape index (κ1) is 18.1. The number of carbonyl (C=O) groups excluding carboxylic acids is 1. The molecule has 1 saturated carbocycles. The summed E-state index contributed by atoms with van der Waals surface area (Å²) in [5.74, 6) is 1.24. The fraction of sp³-hybridized carbons (Fsp3) is 0.435. The van der Waals surface area contributed by atoms with Gasteiger partial charge in [0, 0.05) is 12.5 Å². The highest BCUT2D eigenvalue weighted by Gasteiger charge is 2.29. The molecule has 2 aliphatic rings. The Labute approximate surface area is 161 Å². The first-order valence-electron chi connectivity index (χ1n) is 10.0. The average molecular weight is 364 g/mol. The number of hydrogen-bond donors (Lipinski definition) is 2. The first-order valence-corrected chi connectivity index (χ1v) is 10.0. The molecule has 142 valence electrons. The molecule has 3 N–H and O–H groups in total. The summed E-state index contributed by atoms with van der Waals surface area (Å²) in [6.07, 6.45) is 4.39. The molecule has 0 unspecified atom stereocenters. The van der Waals surface area contributed by atoms with E-state index in [1.54, 1.807) is 0 Å². The second-order valence-corrected chi connectivity index (χ2v) is 7.84. The van der Waals surface area contributed by atoms with E-state index in [2.05, 4.69) is 53.8 Å². The van der Waals surface area contributed by atoms with Crippen LogP contribution in [0.2, 0.25) is 0 Å². The Morgan fingerprint density at radius 3 is 2.30 bits per heavy atom. The molecule has 0 heterocycles. The smallest absolute Gasteiger partial charge is 0.407 e. The van der Waals surface area contributed by atoms with Crippen molar-refractivity contribution >= 4 is 6.09 Å². The maximum atomic E-state index is 12.3. The highest BCUT2D eigenvalue weighted by molar-refractivity contribution is 5.79. The normalized spacial score (nSPS) is 21.4. The summed E-state index contributed by atoms with van der Waals surface area (Å²) in [4.78, 5) is 12.3. The molecule has 2 atom stereocenters. The van der Waals surface area contributed by atoms with Gasteiger partial charge < -0.3 is 15.8 Å². The summed E-state index contributed by atoms with van der Waals surface area (Å²) in [5.41, 5.74) is 10.8. The van der Waals surface area contributed by atoms with E-state index in [4.69, 9.17) is 10.5 Å². The van der Waals surface area contributed by atoms with E-state index >= 15 is 0 Å². The van der Waals surface area contributed by atoms with Crippen molar-refractivity contribution in [2.75, 3.05) is 19.7 Å². The highest BCUT2D eigenvalue weighted by atomic mass is 16.5. The van der Waals surface area contributed by atoms with Crippen LogP contribution < -0.4 is 11.1 Å². The zero-order valence-corrected chi connectivity index (χ0v) is 15.7. The molecule has 2 aliphatic carbocycles. The van der Waals surface area contributed by atoms with Gasteiger partial charge in [0.2, 0.25) is 0 Å². The molecule has 4 heteroatoms. The van der Waals surface area contributed by atoms with Crippen LogP contribution in [0.1, 0.15) is 42.7 Å². The maximum absolute atomic E-state index is 12.3. The van der Waals surface area contributed by atoms with Crippen molar-refractivity contribution in [1.82, 2.24) is 5.32 Å². The van der Waals surface area contributed by atoms with Crippen molar-refractivity contribution in [3.8, 4) is 11.1 Å². The summed E-state index contributed by atoms with van der Waals surface area (Å²) in [5, 5.41) is 2.97. The van der Waals surface area contributed by atoms with Gasteiger partial charge in [-0.05, 0) is 59.9 Å². The Morgan fingerprint density at radius 1 is 1.00 bits per heavy atom. The predicted molar refractivity (Wildman–Crippen MR) is 108 cm³/mol. The molecule has 0 bridgehead atoms. The van der Waals surface area contributed by atoms with Gasteiger partial charge >= 0.3 is 6.09 Å². The van der Waals surface area contributed by atoms with Crippen molar-refractivity contribution in [2.45, 2.75) is 31.6 Å². The van der Waals surface area contributed by atoms with Crippen LogP contribution in [0.25, 0.3) is 11.1 Å². The Kier molecular flexibility index (Phi) is 5.44. The van der Waals surface area contributed by atoms with Gasteiger partial charge in [0.1, 0.15) is 6.61 Å². The number of nitrogens with one attached hydrogen (secondary N) is 1. The third-order valence-corrected chi connectivity index (χ3v) is 6.10. The van der Waals surface area contributed by atoms with Gasteiger partial charge in [-0.15, -0.1) is 0 Å². The van der Waals surface area contributed by atoms with E-state index in [1.165, 1.54) is 41.5 Å². The molecular weight excluding hydrogens is 336 g/mol. The standard InChI is InChI=1S/C23H28N2O2/c24-13-16-6-5-7-17(12-16)14-25-23(26)27-15-22-20-10-3-1-8-18(20)19-9-2-4-11-21(19)22/h1-4,8-11,16-17,22H,5-7,12-15,24H2,(H,25,26)/t16-,17+/m0/s1. The number of ether oxygens (including phenoxy) is 1. The largest absolute Gasteiger partial charge is 0.449 e. The minimum absolute atomic E-state index is 0.111. The van der Waals surface area contributed by atoms with Crippen LogP contribution in [0.15, 0.2) is 48.5 Å². The summed E-state index contributed by atoms with van der Waals surface area (Å²) >= 11 is 0. The van der Waals surface area contributed by atoms with Crippen molar-refractivity contribution < 1.29 is 9.53 Å². The molecule has 4 nitrogen and oxygen atoms in total. The molecule has 0 aromatic heterocycles. The fourth-order valence-electron chi connectivity index (χ4n) is 4.68. The van der Waals surface area contributed by atoms with Crippen LogP contribution in [0.3, 0.4) is 0 Å². The molecule has 27 heavy (non-hydrogen) atoms. The molecule has 0 aliphatic heterocycles. The van der Waals surface area contributed by atoms with E-state index in [0.29, 0.717) is 25.0 Å². The summed E-state index contributed by atoms with van der Waals surface area (Å²) in [6.45, 7) is 1.81. The number of nitrogens with two attached hydrogens (primary N) is 1. The second-order valence-electron chi connectivity index (χ2n) is 7.84. The van der Waals surface area contributed by atoms with Crippen LogP contribution in [-0.2, 0) is 4.74 Å². The van der Waals surface area contributed by atoms with E-state index in [9.17, 15) is 4.79 Å². The number of alkyl carbamates (subject to hydrolysis) is 1. The summed E-state index contributed by atoms with van der Waals surface area (Å²) in [6, 6.07) is 16.8. The Morgan fingerprint density at radius 2 is 1.63 bits per heavy atom. The van der Waals surface area contributed by atoms with E-state index in [-0.39, 0.29) is 12.0 Å². The molecule has 2 aromatic carbocycles. The molecule has 0 saturated heterocycles. The van der Waals surface area contributed by atoms with E-state index in [0.717, 1.165) is 13.0 Å². The van der Waals surface area contributed by atoms with Crippen LogP contribution in [0.4, 0.5) is 4.79 Å². The Bertz CT molecular complexity index is 759. The third-order valence-electron chi connectivity index (χ3n) is 6.10. The SMILES string of the molecule is NC[C@H]1CCC[C@@H](CNC(=O)OCC2c3ccccc3-c3ccccc32)C1. The number of carbonyl (C=O) groups is 1. The van der Waals surface area contributed by atoms with E-state index in [1.807, 2.05) is 0 Å². The van der Waals surface area contributed by atoms with Crippen LogP contribution in [0.5, 0.6) is 0 Å². The van der Waals surface area contributed by atoms with Crippen molar-refractivity contribution in [3.05, 3.63) is 59.7 Å². The number of rotatable bonds is 5.